The predicted molar refractivity (Wildman–Crippen MR) is 55.6 cm³/mol. The van der Waals surface area contributed by atoms with Crippen LogP contribution >= 0.6 is 0 Å². The van der Waals surface area contributed by atoms with Crippen molar-refractivity contribution < 1.29 is 19.4 Å². The van der Waals surface area contributed by atoms with Crippen LogP contribution in [0.25, 0.3) is 4.98 Å². The van der Waals surface area contributed by atoms with Gasteiger partial charge in [0, 0.05) is 6.42 Å². The minimum absolute atomic E-state index is 0.0416. The number of methoxy groups -OCH3 is 1. The molecule has 0 unspecified atom stereocenters. The third kappa shape index (κ3) is 4.99. The summed E-state index contributed by atoms with van der Waals surface area (Å²) in [5.41, 5.74) is -0.521. The van der Waals surface area contributed by atoms with E-state index in [-0.39, 0.29) is 25.4 Å². The number of ether oxygens (including phenoxy) is 2. The van der Waals surface area contributed by atoms with Gasteiger partial charge in [0.1, 0.15) is 6.61 Å². The third-order valence-corrected chi connectivity index (χ3v) is 1.59. The Labute approximate surface area is 93.5 Å². The molecule has 0 atom stereocenters. The second-order valence-corrected chi connectivity index (χ2v) is 2.62. The highest BCUT2D eigenvalue weighted by molar-refractivity contribution is 5.90. The maximum absolute atomic E-state index is 11.0. The van der Waals surface area contributed by atoms with E-state index in [2.05, 4.69) is 21.6 Å². The molecule has 86 valence electrons. The molecule has 0 aromatic rings. The average Bonchev–Trinajstić information content (AvgIpc) is 2.29. The Morgan fingerprint density at radius 1 is 1.56 bits per heavy atom. The highest BCUT2D eigenvalue weighted by Gasteiger charge is 2.29. The zero-order valence-electron chi connectivity index (χ0n) is 9.19. The van der Waals surface area contributed by atoms with Crippen LogP contribution in [0.15, 0.2) is 11.5 Å². The number of rotatable bonds is 5. The maximum atomic E-state index is 11.0. The van der Waals surface area contributed by atoms with Gasteiger partial charge in [-0.2, -0.15) is 0 Å². The van der Waals surface area contributed by atoms with Crippen LogP contribution in [0, 0.1) is 17.2 Å². The summed E-state index contributed by atoms with van der Waals surface area (Å²) in [4.78, 5) is 13.6. The van der Waals surface area contributed by atoms with E-state index in [1.807, 2.05) is 0 Å². The van der Waals surface area contributed by atoms with Crippen molar-refractivity contribution in [2.24, 2.45) is 0 Å². The summed E-state index contributed by atoms with van der Waals surface area (Å²) in [6.07, 6.45) is 0.0416. The third-order valence-electron chi connectivity index (χ3n) is 1.59. The van der Waals surface area contributed by atoms with Crippen molar-refractivity contribution in [3.05, 3.63) is 16.4 Å². The number of aliphatic hydroxyl groups excluding tert-OH is 1. The van der Waals surface area contributed by atoms with Crippen LogP contribution in [0.5, 0.6) is 0 Å². The van der Waals surface area contributed by atoms with Crippen LogP contribution < -0.4 is 0 Å². The van der Waals surface area contributed by atoms with Gasteiger partial charge in [0.05, 0.1) is 13.7 Å². The SMILES string of the molecule is CC#CCOCC/C(O)=C(\[N+]#N)C(=O)OC. The molecule has 0 saturated heterocycles. The molecule has 0 fully saturated rings. The van der Waals surface area contributed by atoms with Gasteiger partial charge in [0.25, 0.3) is 0 Å². The molecule has 0 spiro atoms. The van der Waals surface area contributed by atoms with Crippen molar-refractivity contribution in [3.63, 3.8) is 0 Å². The number of aliphatic hydroxyl groups is 1. The van der Waals surface area contributed by atoms with Crippen molar-refractivity contribution in [3.8, 4) is 11.8 Å². The Balaban J connectivity index is 4.23. The highest BCUT2D eigenvalue weighted by atomic mass is 16.5. The van der Waals surface area contributed by atoms with Crippen molar-refractivity contribution in [1.82, 2.24) is 0 Å². The molecule has 0 aromatic carbocycles. The van der Waals surface area contributed by atoms with Gasteiger partial charge < -0.3 is 14.6 Å². The summed E-state index contributed by atoms with van der Waals surface area (Å²) in [6, 6.07) is 0. The Morgan fingerprint density at radius 3 is 2.75 bits per heavy atom. The van der Waals surface area contributed by atoms with Gasteiger partial charge in [-0.25, -0.2) is 4.79 Å². The van der Waals surface area contributed by atoms with Crippen LogP contribution in [0.2, 0.25) is 0 Å². The lowest BCUT2D eigenvalue weighted by Crippen LogP contribution is -2.06. The number of carbonyl (C=O) groups excluding carboxylic acids is 1. The van der Waals surface area contributed by atoms with Crippen LogP contribution in [0.4, 0.5) is 0 Å². The molecular weight excluding hydrogens is 212 g/mol. The van der Waals surface area contributed by atoms with E-state index < -0.39 is 11.7 Å². The minimum Gasteiger partial charge on any atom is -0.505 e. The van der Waals surface area contributed by atoms with Gasteiger partial charge in [-0.1, -0.05) is 5.92 Å². The van der Waals surface area contributed by atoms with Gasteiger partial charge in [0.2, 0.25) is 5.39 Å². The van der Waals surface area contributed by atoms with E-state index in [9.17, 15) is 9.90 Å². The molecule has 0 rings (SSSR count). The first-order valence-corrected chi connectivity index (χ1v) is 4.50. The van der Waals surface area contributed by atoms with E-state index in [1.54, 1.807) is 6.92 Å². The van der Waals surface area contributed by atoms with Crippen LogP contribution in [0.3, 0.4) is 0 Å². The molecular formula is C10H13N2O4+. The fraction of sp³-hybridized carbons (Fsp3) is 0.500. The zero-order valence-corrected chi connectivity index (χ0v) is 9.19. The van der Waals surface area contributed by atoms with Crippen LogP contribution in [-0.2, 0) is 14.3 Å². The van der Waals surface area contributed by atoms with E-state index in [4.69, 9.17) is 10.1 Å². The van der Waals surface area contributed by atoms with E-state index >= 15 is 0 Å². The summed E-state index contributed by atoms with van der Waals surface area (Å²) in [5, 5.41) is 17.9. The highest BCUT2D eigenvalue weighted by Crippen LogP contribution is 2.09. The molecule has 0 heterocycles. The van der Waals surface area contributed by atoms with E-state index in [0.717, 1.165) is 7.11 Å². The van der Waals surface area contributed by atoms with Gasteiger partial charge >= 0.3 is 11.7 Å². The molecule has 0 aliphatic carbocycles. The lowest BCUT2D eigenvalue weighted by atomic mass is 10.3. The molecule has 6 heteroatoms. The molecule has 16 heavy (non-hydrogen) atoms. The fourth-order valence-electron chi connectivity index (χ4n) is 0.796. The van der Waals surface area contributed by atoms with Crippen LogP contribution in [0.1, 0.15) is 13.3 Å². The van der Waals surface area contributed by atoms with Crippen molar-refractivity contribution >= 4 is 5.97 Å². The number of esters is 1. The summed E-state index contributed by atoms with van der Waals surface area (Å²) in [6.45, 7) is 2.09. The van der Waals surface area contributed by atoms with Gasteiger partial charge in [-0.05, 0) is 6.92 Å². The predicted octanol–water partition coefficient (Wildman–Crippen LogP) is 1.21. The van der Waals surface area contributed by atoms with Crippen molar-refractivity contribution in [2.45, 2.75) is 13.3 Å². The molecule has 0 aliphatic heterocycles. The summed E-state index contributed by atoms with van der Waals surface area (Å²) < 4.78 is 9.31. The molecule has 1 N–H and O–H groups in total. The van der Waals surface area contributed by atoms with Gasteiger partial charge in [0.15, 0.2) is 10.7 Å². The molecule has 0 bridgehead atoms. The van der Waals surface area contributed by atoms with Crippen LogP contribution in [-0.4, -0.2) is 31.4 Å². The fourth-order valence-corrected chi connectivity index (χ4v) is 0.796. The second kappa shape index (κ2) is 8.27. The smallest absolute Gasteiger partial charge is 0.505 e. The summed E-state index contributed by atoms with van der Waals surface area (Å²) in [5.74, 6) is 4.00. The minimum atomic E-state index is -0.909. The molecule has 0 radical (unpaired) electrons. The van der Waals surface area contributed by atoms with Crippen molar-refractivity contribution in [2.75, 3.05) is 20.3 Å². The number of hydrogen-bond donors (Lipinski definition) is 1. The number of carbonyl (C=O) groups is 1. The number of hydrogen-bond acceptors (Lipinski definition) is 5. The number of diazo groups is 1. The maximum Gasteiger partial charge on any atom is 0.505 e. The molecule has 0 amide bonds. The van der Waals surface area contributed by atoms with Gasteiger partial charge in [-0.15, -0.1) is 5.92 Å². The summed E-state index contributed by atoms with van der Waals surface area (Å²) >= 11 is 0. The molecule has 0 aliphatic rings. The second-order valence-electron chi connectivity index (χ2n) is 2.62. The zero-order chi connectivity index (χ0) is 12.4. The van der Waals surface area contributed by atoms with E-state index in [1.165, 1.54) is 0 Å². The molecule has 0 saturated carbocycles. The molecule has 6 nitrogen and oxygen atoms in total. The largest absolute Gasteiger partial charge is 0.505 e. The lowest BCUT2D eigenvalue weighted by molar-refractivity contribution is -0.136. The first-order valence-electron chi connectivity index (χ1n) is 4.50. The number of nitrogens with zero attached hydrogens (tertiary/aromatic N) is 2. The molecule has 0 aromatic heterocycles. The first kappa shape index (κ1) is 13.9. The van der Waals surface area contributed by atoms with E-state index in [0.29, 0.717) is 0 Å². The van der Waals surface area contributed by atoms with Crippen molar-refractivity contribution in [1.29, 1.82) is 5.39 Å². The Hall–Kier alpha value is -2.05. The topological polar surface area (TPSA) is 83.9 Å². The normalized spacial score (nSPS) is 10.6. The quantitative estimate of drug-likeness (QED) is 0.190. The standard InChI is InChI=1S/C10H12N2O4/c1-3-4-6-16-7-5-8(13)9(12-11)10(14)15-2/h5-7H2,1-2H3/p+1. The first-order chi connectivity index (χ1) is 7.67. The lowest BCUT2D eigenvalue weighted by Gasteiger charge is -1.97. The Morgan fingerprint density at radius 2 is 2.25 bits per heavy atom. The monoisotopic (exact) mass is 225 g/mol. The Kier molecular flexibility index (Phi) is 7.21. The van der Waals surface area contributed by atoms with Gasteiger partial charge in [-0.3, -0.25) is 0 Å². The average molecular weight is 225 g/mol. The summed E-state index contributed by atoms with van der Waals surface area (Å²) in [7, 11) is 1.12. The Bertz CT molecular complexity index is 371.